The maximum absolute atomic E-state index is 14.7. The van der Waals surface area contributed by atoms with Crippen molar-refractivity contribution in [2.75, 3.05) is 19.7 Å². The number of rotatable bonds is 9. The van der Waals surface area contributed by atoms with E-state index in [-0.39, 0.29) is 19.5 Å². The summed E-state index contributed by atoms with van der Waals surface area (Å²) in [6.07, 6.45) is -20.0. The normalized spacial score (nSPS) is 53.8. The van der Waals surface area contributed by atoms with Gasteiger partial charge in [0.15, 0.2) is 18.9 Å². The minimum absolute atomic E-state index is 0.0715. The van der Waals surface area contributed by atoms with Crippen LogP contribution in [0.3, 0.4) is 0 Å². The van der Waals surface area contributed by atoms with E-state index in [1.165, 1.54) is 0 Å². The molecule has 18 heteroatoms. The number of nitrogens with two attached hydrogens (primary N) is 5. The van der Waals surface area contributed by atoms with Gasteiger partial charge in [-0.3, -0.25) is 0 Å². The zero-order chi connectivity index (χ0) is 31.0. The van der Waals surface area contributed by atoms with E-state index < -0.39 is 123 Å². The van der Waals surface area contributed by atoms with Gasteiger partial charge in [-0.2, -0.15) is 0 Å². The quantitative estimate of drug-likeness (QED) is 0.115. The van der Waals surface area contributed by atoms with Crippen molar-refractivity contribution in [3.8, 4) is 0 Å². The van der Waals surface area contributed by atoms with Crippen LogP contribution >= 0.6 is 0 Å². The molecule has 3 heterocycles. The highest BCUT2D eigenvalue weighted by atomic mass is 19.1. The third kappa shape index (κ3) is 6.60. The molecular formula is C24H46FN5O12. The van der Waals surface area contributed by atoms with Crippen molar-refractivity contribution in [1.82, 2.24) is 0 Å². The van der Waals surface area contributed by atoms with Crippen molar-refractivity contribution in [2.45, 2.75) is 124 Å². The van der Waals surface area contributed by atoms with E-state index in [9.17, 15) is 35.0 Å². The Kier molecular flexibility index (Phi) is 11.5. The predicted octanol–water partition coefficient (Wildman–Crippen LogP) is -6.61. The summed E-state index contributed by atoms with van der Waals surface area (Å²) >= 11 is 0. The summed E-state index contributed by atoms with van der Waals surface area (Å²) in [6, 6.07) is -3.19. The number of hydrogen-bond donors (Lipinski definition) is 11. The van der Waals surface area contributed by atoms with E-state index in [1.54, 1.807) is 6.92 Å². The largest absolute Gasteiger partial charge is 0.394 e. The minimum Gasteiger partial charge on any atom is -0.394 e. The van der Waals surface area contributed by atoms with Gasteiger partial charge < -0.3 is 87.7 Å². The molecule has 0 aromatic rings. The number of aliphatic hydroxyl groups excluding tert-OH is 6. The number of halogens is 1. The van der Waals surface area contributed by atoms with Crippen molar-refractivity contribution >= 4 is 0 Å². The first kappa shape index (κ1) is 34.1. The van der Waals surface area contributed by atoms with Crippen LogP contribution in [0.5, 0.6) is 0 Å². The summed E-state index contributed by atoms with van der Waals surface area (Å²) in [7, 11) is 0. The lowest BCUT2D eigenvalue weighted by Gasteiger charge is -2.47. The molecule has 3 aliphatic heterocycles. The van der Waals surface area contributed by atoms with Crippen LogP contribution in [-0.4, -0.2) is 161 Å². The Hall–Kier alpha value is -0.750. The summed E-state index contributed by atoms with van der Waals surface area (Å²) in [6.45, 7) is 0.599. The molecule has 16 N–H and O–H groups in total. The zero-order valence-electron chi connectivity index (χ0n) is 23.2. The summed E-state index contributed by atoms with van der Waals surface area (Å²) in [5.74, 6) is -0.752. The molecule has 0 radical (unpaired) electrons. The van der Waals surface area contributed by atoms with Gasteiger partial charge >= 0.3 is 0 Å². The number of aliphatic hydroxyl groups is 6. The third-order valence-corrected chi connectivity index (χ3v) is 8.58. The van der Waals surface area contributed by atoms with Gasteiger partial charge in [-0.25, -0.2) is 4.39 Å². The molecule has 0 aromatic carbocycles. The monoisotopic (exact) mass is 615 g/mol. The fraction of sp³-hybridized carbons (Fsp3) is 1.00. The molecule has 42 heavy (non-hydrogen) atoms. The molecule has 19 atom stereocenters. The summed E-state index contributed by atoms with van der Waals surface area (Å²) in [4.78, 5) is 0. The van der Waals surface area contributed by atoms with Crippen LogP contribution < -0.4 is 28.7 Å². The maximum atomic E-state index is 14.7. The lowest BCUT2D eigenvalue weighted by molar-refractivity contribution is -0.303. The topological polar surface area (TPSA) is 307 Å². The molecule has 0 spiro atoms. The molecule has 0 aromatic heterocycles. The van der Waals surface area contributed by atoms with Crippen molar-refractivity contribution < 1.29 is 63.5 Å². The summed E-state index contributed by atoms with van der Waals surface area (Å²) in [5.41, 5.74) is 29.5. The average molecular weight is 616 g/mol. The molecule has 1 aliphatic carbocycles. The zero-order valence-corrected chi connectivity index (χ0v) is 23.2. The van der Waals surface area contributed by atoms with Crippen LogP contribution in [-0.2, 0) is 28.4 Å². The smallest absolute Gasteiger partial charge is 0.187 e. The number of hydrogen-bond acceptors (Lipinski definition) is 17. The van der Waals surface area contributed by atoms with Gasteiger partial charge in [-0.05, 0) is 6.42 Å². The van der Waals surface area contributed by atoms with Gasteiger partial charge in [0.05, 0.1) is 24.9 Å². The van der Waals surface area contributed by atoms with Gasteiger partial charge in [0.2, 0.25) is 0 Å². The molecule has 4 rings (SSSR count). The SMILES string of the molecule is CC1C(OC2C(CO)OC(OC3C(O)C(N)CC(N)C3OC3OC(CN)C(O)C(F)C3N)C2O)OC(CN)C(O)C1O. The average Bonchev–Trinajstić information content (AvgIpc) is 3.27. The molecule has 4 fully saturated rings. The third-order valence-electron chi connectivity index (χ3n) is 8.58. The highest BCUT2D eigenvalue weighted by Crippen LogP contribution is 2.35. The first-order valence-corrected chi connectivity index (χ1v) is 14.1. The highest BCUT2D eigenvalue weighted by molar-refractivity contribution is 5.02. The van der Waals surface area contributed by atoms with Crippen molar-refractivity contribution in [3.63, 3.8) is 0 Å². The van der Waals surface area contributed by atoms with Gasteiger partial charge in [-0.1, -0.05) is 6.92 Å². The Bertz CT molecular complexity index is 871. The lowest BCUT2D eigenvalue weighted by Crippen LogP contribution is -2.67. The molecule has 19 unspecified atom stereocenters. The van der Waals surface area contributed by atoms with Crippen LogP contribution in [0.15, 0.2) is 0 Å². The van der Waals surface area contributed by atoms with Gasteiger partial charge in [0.1, 0.15) is 61.1 Å². The molecule has 4 aliphatic rings. The highest BCUT2D eigenvalue weighted by Gasteiger charge is 2.54. The van der Waals surface area contributed by atoms with E-state index in [0.29, 0.717) is 0 Å². The maximum Gasteiger partial charge on any atom is 0.187 e. The second kappa shape index (κ2) is 14.1. The first-order chi connectivity index (χ1) is 19.8. The van der Waals surface area contributed by atoms with Crippen molar-refractivity contribution in [1.29, 1.82) is 0 Å². The number of ether oxygens (including phenoxy) is 6. The Morgan fingerprint density at radius 3 is 1.83 bits per heavy atom. The minimum atomic E-state index is -1.94. The van der Waals surface area contributed by atoms with Crippen LogP contribution in [0, 0.1) is 5.92 Å². The number of alkyl halides is 1. The van der Waals surface area contributed by atoms with Crippen LogP contribution in [0.4, 0.5) is 4.39 Å². The second-order valence-electron chi connectivity index (χ2n) is 11.5. The van der Waals surface area contributed by atoms with Crippen molar-refractivity contribution in [2.24, 2.45) is 34.6 Å². The second-order valence-corrected chi connectivity index (χ2v) is 11.5. The van der Waals surface area contributed by atoms with Gasteiger partial charge in [-0.15, -0.1) is 0 Å². The molecule has 0 bridgehead atoms. The molecule has 17 nitrogen and oxygen atoms in total. The van der Waals surface area contributed by atoms with E-state index in [0.717, 1.165) is 0 Å². The Morgan fingerprint density at radius 2 is 1.21 bits per heavy atom. The van der Waals surface area contributed by atoms with E-state index in [2.05, 4.69) is 0 Å². The standard InChI is InChI=1S/C24H46FN5O12/c1-6-14(32)17(35)10(4-27)37-22(6)41-20-11(5-31)39-24(18(20)36)42-21-15(33)7(28)2-8(29)19(21)40-23-13(30)12(25)16(34)9(3-26)38-23/h6-24,31-36H,2-5,26-30H2,1H3. The van der Waals surface area contributed by atoms with E-state index >= 15 is 0 Å². The Balaban J connectivity index is 1.50. The fourth-order valence-corrected chi connectivity index (χ4v) is 5.87. The molecule has 246 valence electrons. The lowest BCUT2D eigenvalue weighted by atomic mass is 9.84. The molecule has 0 amide bonds. The van der Waals surface area contributed by atoms with Gasteiger partial charge in [0.25, 0.3) is 0 Å². The molecule has 3 saturated heterocycles. The summed E-state index contributed by atoms with van der Waals surface area (Å²) in [5, 5.41) is 62.7. The predicted molar refractivity (Wildman–Crippen MR) is 138 cm³/mol. The first-order valence-electron chi connectivity index (χ1n) is 14.1. The van der Waals surface area contributed by atoms with Crippen LogP contribution in [0.1, 0.15) is 13.3 Å². The fourth-order valence-electron chi connectivity index (χ4n) is 5.87. The Labute approximate surface area is 241 Å². The summed E-state index contributed by atoms with van der Waals surface area (Å²) < 4.78 is 49.5. The Morgan fingerprint density at radius 1 is 0.667 bits per heavy atom. The van der Waals surface area contributed by atoms with Crippen LogP contribution in [0.2, 0.25) is 0 Å². The van der Waals surface area contributed by atoms with E-state index in [4.69, 9.17) is 57.1 Å². The van der Waals surface area contributed by atoms with Crippen molar-refractivity contribution in [3.05, 3.63) is 0 Å². The van der Waals surface area contributed by atoms with Gasteiger partial charge in [0, 0.05) is 31.1 Å². The van der Waals surface area contributed by atoms with E-state index in [1.807, 2.05) is 0 Å². The molecule has 1 saturated carbocycles. The molecular weight excluding hydrogens is 569 g/mol. The van der Waals surface area contributed by atoms with Crippen LogP contribution in [0.25, 0.3) is 0 Å².